The van der Waals surface area contributed by atoms with Crippen LogP contribution in [0.2, 0.25) is 0 Å². The van der Waals surface area contributed by atoms with Crippen LogP contribution in [0.1, 0.15) is 0 Å². The summed E-state index contributed by atoms with van der Waals surface area (Å²) in [4.78, 5) is 14.1. The highest BCUT2D eigenvalue weighted by molar-refractivity contribution is 7.99. The second-order valence-electron chi connectivity index (χ2n) is 6.65. The Morgan fingerprint density at radius 1 is 0.939 bits per heavy atom. The Kier molecular flexibility index (Phi) is 5.85. The van der Waals surface area contributed by atoms with Crippen LogP contribution >= 0.6 is 11.8 Å². The van der Waals surface area contributed by atoms with Crippen LogP contribution in [0.3, 0.4) is 0 Å². The summed E-state index contributed by atoms with van der Waals surface area (Å²) in [6.45, 7) is 0. The van der Waals surface area contributed by atoms with Crippen LogP contribution in [0.5, 0.6) is 11.5 Å². The van der Waals surface area contributed by atoms with Crippen molar-refractivity contribution in [3.8, 4) is 22.9 Å². The second-order valence-corrected chi connectivity index (χ2v) is 7.74. The molecule has 5 rings (SSSR count). The molecule has 0 bridgehead atoms. The highest BCUT2D eigenvalue weighted by Gasteiger charge is 2.12. The summed E-state index contributed by atoms with van der Waals surface area (Å²) in [5, 5.41) is 17.7. The molecule has 33 heavy (non-hydrogen) atoms. The Morgan fingerprint density at radius 2 is 1.85 bits per heavy atom. The number of nitrogens with zero attached hydrogens (tertiary/aromatic N) is 6. The number of ether oxygens (including phenoxy) is 1. The Bertz CT molecular complexity index is 1330. The Morgan fingerprint density at radius 3 is 2.58 bits per heavy atom. The SMILES string of the molecule is Fc1ccc(Oc2cc(Sc3ccccn3)cnc2Nc2ccc(-c3nnn[nH]3)cn2)cc1. The minimum atomic E-state index is -0.343. The highest BCUT2D eigenvalue weighted by atomic mass is 32.2. The van der Waals surface area contributed by atoms with Crippen molar-refractivity contribution in [1.29, 1.82) is 0 Å². The van der Waals surface area contributed by atoms with Gasteiger partial charge in [0.15, 0.2) is 17.4 Å². The molecule has 0 saturated carbocycles. The van der Waals surface area contributed by atoms with Gasteiger partial charge in [0.1, 0.15) is 22.4 Å². The number of aromatic amines is 1. The molecule has 11 heteroatoms. The Labute approximate surface area is 191 Å². The summed E-state index contributed by atoms with van der Waals surface area (Å²) in [7, 11) is 0. The van der Waals surface area contributed by atoms with Gasteiger partial charge >= 0.3 is 0 Å². The molecule has 1 aromatic carbocycles. The number of pyridine rings is 3. The van der Waals surface area contributed by atoms with Crippen molar-refractivity contribution in [3.63, 3.8) is 0 Å². The fourth-order valence-corrected chi connectivity index (χ4v) is 3.60. The summed E-state index contributed by atoms with van der Waals surface area (Å²) < 4.78 is 19.3. The summed E-state index contributed by atoms with van der Waals surface area (Å²) in [5.74, 6) is 2.10. The van der Waals surface area contributed by atoms with Gasteiger partial charge < -0.3 is 10.1 Å². The Hall–Kier alpha value is -4.38. The van der Waals surface area contributed by atoms with E-state index in [0.29, 0.717) is 29.0 Å². The predicted molar refractivity (Wildman–Crippen MR) is 120 cm³/mol. The summed E-state index contributed by atoms with van der Waals surface area (Å²) >= 11 is 1.45. The first-order valence-electron chi connectivity index (χ1n) is 9.72. The number of hydrogen-bond donors (Lipinski definition) is 2. The molecule has 9 nitrogen and oxygen atoms in total. The molecule has 0 aliphatic heterocycles. The van der Waals surface area contributed by atoms with E-state index in [4.69, 9.17) is 4.74 Å². The van der Waals surface area contributed by atoms with Gasteiger partial charge in [-0.3, -0.25) is 0 Å². The molecule has 4 heterocycles. The number of nitrogens with one attached hydrogen (secondary N) is 2. The maximum absolute atomic E-state index is 13.3. The fourth-order valence-electron chi connectivity index (χ4n) is 2.82. The topological polar surface area (TPSA) is 114 Å². The van der Waals surface area contributed by atoms with E-state index < -0.39 is 0 Å². The van der Waals surface area contributed by atoms with Gasteiger partial charge in [-0.25, -0.2) is 24.4 Å². The van der Waals surface area contributed by atoms with E-state index in [2.05, 4.69) is 40.9 Å². The maximum Gasteiger partial charge on any atom is 0.180 e. The number of benzene rings is 1. The molecule has 162 valence electrons. The van der Waals surface area contributed by atoms with Gasteiger partial charge in [0, 0.05) is 35.1 Å². The lowest BCUT2D eigenvalue weighted by atomic mass is 10.2. The second kappa shape index (κ2) is 9.40. The van der Waals surface area contributed by atoms with Crippen molar-refractivity contribution in [3.05, 3.63) is 85.1 Å². The third kappa shape index (κ3) is 5.10. The number of halogens is 1. The van der Waals surface area contributed by atoms with Crippen molar-refractivity contribution in [2.45, 2.75) is 9.92 Å². The number of H-pyrrole nitrogens is 1. The van der Waals surface area contributed by atoms with Crippen LogP contribution in [0.25, 0.3) is 11.4 Å². The zero-order valence-corrected chi connectivity index (χ0v) is 17.7. The van der Waals surface area contributed by atoms with Gasteiger partial charge in [-0.2, -0.15) is 0 Å². The molecule has 5 aromatic rings. The van der Waals surface area contributed by atoms with Gasteiger partial charge in [0.05, 0.1) is 0 Å². The molecule has 0 atom stereocenters. The molecular weight excluding hydrogens is 443 g/mol. The number of aromatic nitrogens is 7. The molecule has 0 radical (unpaired) electrons. The normalized spacial score (nSPS) is 10.7. The predicted octanol–water partition coefficient (Wildman–Crippen LogP) is 4.88. The zero-order chi connectivity index (χ0) is 22.5. The largest absolute Gasteiger partial charge is 0.453 e. The van der Waals surface area contributed by atoms with Crippen LogP contribution < -0.4 is 10.1 Å². The van der Waals surface area contributed by atoms with E-state index >= 15 is 0 Å². The molecule has 0 aliphatic carbocycles. The number of anilines is 2. The number of hydrogen-bond acceptors (Lipinski definition) is 9. The third-order valence-corrected chi connectivity index (χ3v) is 5.27. The van der Waals surface area contributed by atoms with Crippen LogP contribution in [-0.2, 0) is 0 Å². The van der Waals surface area contributed by atoms with E-state index in [9.17, 15) is 4.39 Å². The van der Waals surface area contributed by atoms with Crippen LogP contribution in [0.15, 0.2) is 89.2 Å². The molecule has 0 amide bonds. The van der Waals surface area contributed by atoms with Crippen molar-refractivity contribution in [1.82, 2.24) is 35.6 Å². The smallest absolute Gasteiger partial charge is 0.180 e. The van der Waals surface area contributed by atoms with Crippen LogP contribution in [0, 0.1) is 5.82 Å². The van der Waals surface area contributed by atoms with Crippen molar-refractivity contribution in [2.75, 3.05) is 5.32 Å². The molecule has 4 aromatic heterocycles. The summed E-state index contributed by atoms with van der Waals surface area (Å²) in [5.41, 5.74) is 0.739. The summed E-state index contributed by atoms with van der Waals surface area (Å²) in [6.07, 6.45) is 5.08. The van der Waals surface area contributed by atoms with Crippen LogP contribution in [-0.4, -0.2) is 35.6 Å². The molecule has 2 N–H and O–H groups in total. The highest BCUT2D eigenvalue weighted by Crippen LogP contribution is 2.35. The summed E-state index contributed by atoms with van der Waals surface area (Å²) in [6, 6.07) is 16.9. The lowest BCUT2D eigenvalue weighted by Gasteiger charge is -2.13. The Balaban J connectivity index is 1.42. The molecule has 0 saturated heterocycles. The maximum atomic E-state index is 13.3. The molecule has 0 fully saturated rings. The molecule has 0 unspecified atom stereocenters. The van der Waals surface area contributed by atoms with E-state index in [-0.39, 0.29) is 5.82 Å². The van der Waals surface area contributed by atoms with Gasteiger partial charge in [-0.15, -0.1) is 5.10 Å². The lowest BCUT2D eigenvalue weighted by Crippen LogP contribution is -1.99. The van der Waals surface area contributed by atoms with Crippen molar-refractivity contribution >= 4 is 23.4 Å². The van der Waals surface area contributed by atoms with Gasteiger partial charge in [-0.05, 0) is 59.0 Å². The van der Waals surface area contributed by atoms with Crippen molar-refractivity contribution in [2.24, 2.45) is 0 Å². The average molecular weight is 458 g/mol. The minimum absolute atomic E-state index is 0.343. The average Bonchev–Trinajstić information content (AvgIpc) is 3.38. The van der Waals surface area contributed by atoms with Gasteiger partial charge in [-0.1, -0.05) is 17.8 Å². The van der Waals surface area contributed by atoms with E-state index in [1.54, 1.807) is 36.8 Å². The minimum Gasteiger partial charge on any atom is -0.453 e. The molecular formula is C22H15FN8OS. The van der Waals surface area contributed by atoms with E-state index in [1.165, 1.54) is 23.9 Å². The zero-order valence-electron chi connectivity index (χ0n) is 16.9. The third-order valence-electron chi connectivity index (χ3n) is 4.36. The fraction of sp³-hybridized carbons (Fsp3) is 0. The molecule has 0 spiro atoms. The van der Waals surface area contributed by atoms with E-state index in [1.807, 2.05) is 30.3 Å². The standard InChI is InChI=1S/C22H15FN8OS/c23-15-5-7-16(8-6-15)32-18-11-17(33-20-3-1-2-10-24-20)13-26-22(18)27-19-9-4-14(12-25-19)21-28-30-31-29-21/h1-13H,(H,25,26,27)(H,28,29,30,31). The van der Waals surface area contributed by atoms with Crippen LogP contribution in [0.4, 0.5) is 16.0 Å². The molecule has 0 aliphatic rings. The first kappa shape index (κ1) is 20.5. The van der Waals surface area contributed by atoms with Gasteiger partial charge in [0.2, 0.25) is 0 Å². The monoisotopic (exact) mass is 458 g/mol. The number of tetrazole rings is 1. The van der Waals surface area contributed by atoms with Crippen molar-refractivity contribution < 1.29 is 9.13 Å². The van der Waals surface area contributed by atoms with E-state index in [0.717, 1.165) is 15.5 Å². The quantitative estimate of drug-likeness (QED) is 0.352. The first-order valence-corrected chi connectivity index (χ1v) is 10.5. The van der Waals surface area contributed by atoms with Gasteiger partial charge in [0.25, 0.3) is 0 Å². The first-order chi connectivity index (χ1) is 16.2. The number of rotatable bonds is 7. The lowest BCUT2D eigenvalue weighted by molar-refractivity contribution is 0.479.